The molecule has 1 aliphatic heterocycles. The molecule has 1 saturated heterocycles. The summed E-state index contributed by atoms with van der Waals surface area (Å²) in [5, 5.41) is 15.2. The van der Waals surface area contributed by atoms with E-state index in [1.165, 1.54) is 12.0 Å². The van der Waals surface area contributed by atoms with E-state index in [-0.39, 0.29) is 48.4 Å². The molecule has 6 bridgehead atoms. The Morgan fingerprint density at radius 3 is 2.20 bits per heavy atom. The molecular weight excluding hydrogens is 486 g/mol. The molecule has 9 heteroatoms. The van der Waals surface area contributed by atoms with Gasteiger partial charge in [0.15, 0.2) is 9.84 Å². The molecule has 0 aromatic carbocycles. The molecule has 1 aromatic rings. The maximum Gasteiger partial charge on any atom is 0.272 e. The van der Waals surface area contributed by atoms with Crippen LogP contribution in [-0.2, 0) is 9.84 Å². The van der Waals surface area contributed by atoms with Gasteiger partial charge in [0.25, 0.3) is 5.91 Å². The lowest BCUT2D eigenvalue weighted by molar-refractivity contribution is -0.127. The monoisotopic (exact) mass is 521 g/mol. The Morgan fingerprint density at radius 1 is 1.00 bits per heavy atom. The molecule has 9 rings (SSSR count). The maximum absolute atomic E-state index is 13.5. The van der Waals surface area contributed by atoms with Gasteiger partial charge in [-0.3, -0.25) is 4.79 Å². The summed E-state index contributed by atoms with van der Waals surface area (Å²) < 4.78 is 23.8. The van der Waals surface area contributed by atoms with Crippen molar-refractivity contribution >= 4 is 33.8 Å². The average molecular weight is 522 g/mol. The smallest absolute Gasteiger partial charge is 0.272 e. The van der Waals surface area contributed by atoms with E-state index in [1.807, 2.05) is 6.20 Å². The summed E-state index contributed by atoms with van der Waals surface area (Å²) in [6.45, 7) is 0.520. The number of hydrogen-bond acceptors (Lipinski definition) is 6. The predicted molar refractivity (Wildman–Crippen MR) is 136 cm³/mol. The Hall–Kier alpha value is -1.38. The Morgan fingerprint density at radius 2 is 1.60 bits per heavy atom. The summed E-state index contributed by atoms with van der Waals surface area (Å²) in [5.74, 6) is 2.01. The van der Waals surface area contributed by atoms with E-state index in [0.29, 0.717) is 29.4 Å². The fraction of sp³-hybridized carbons (Fsp3) is 0.769. The van der Waals surface area contributed by atoms with Crippen molar-refractivity contribution < 1.29 is 18.3 Å². The van der Waals surface area contributed by atoms with E-state index in [4.69, 9.17) is 4.98 Å². The topological polar surface area (TPSA) is 99.6 Å². The summed E-state index contributed by atoms with van der Waals surface area (Å²) in [5.41, 5.74) is 3.50. The first kappa shape index (κ1) is 24.0. The second-order valence-electron chi connectivity index (χ2n) is 12.4. The second-order valence-corrected chi connectivity index (χ2v) is 14.7. The fourth-order valence-corrected chi connectivity index (χ4v) is 10.2. The zero-order valence-electron chi connectivity index (χ0n) is 20.2. The van der Waals surface area contributed by atoms with Gasteiger partial charge < -0.3 is 15.3 Å². The van der Waals surface area contributed by atoms with Gasteiger partial charge in [-0.1, -0.05) is 0 Å². The number of aliphatic hydroxyl groups is 1. The molecule has 7 aliphatic carbocycles. The number of halogens is 1. The van der Waals surface area contributed by atoms with Gasteiger partial charge >= 0.3 is 0 Å². The molecule has 0 spiro atoms. The van der Waals surface area contributed by atoms with Gasteiger partial charge in [-0.05, 0) is 99.0 Å². The van der Waals surface area contributed by atoms with E-state index in [9.17, 15) is 18.3 Å². The molecule has 35 heavy (non-hydrogen) atoms. The van der Waals surface area contributed by atoms with Crippen molar-refractivity contribution in [2.75, 3.05) is 29.9 Å². The van der Waals surface area contributed by atoms with Crippen LogP contribution >= 0.6 is 12.4 Å². The van der Waals surface area contributed by atoms with Crippen molar-refractivity contribution in [2.45, 2.75) is 87.2 Å². The first-order chi connectivity index (χ1) is 16.2. The number of carbonyl (C=O) groups is 1. The lowest BCUT2D eigenvalue weighted by Crippen LogP contribution is -2.62. The van der Waals surface area contributed by atoms with Crippen molar-refractivity contribution in [2.24, 2.45) is 11.8 Å². The number of nitrogens with one attached hydrogen (secondary N) is 1. The fourth-order valence-electron chi connectivity index (χ4n) is 9.05. The number of pyridine rings is 1. The minimum absolute atomic E-state index is 0. The molecule has 1 aromatic heterocycles. The van der Waals surface area contributed by atoms with Gasteiger partial charge in [0.05, 0.1) is 29.0 Å². The van der Waals surface area contributed by atoms with Crippen molar-refractivity contribution in [1.82, 2.24) is 9.88 Å². The first-order valence-electron chi connectivity index (χ1n) is 13.2. The number of fused-ring (bicyclic) bond motifs is 2. The quantitative estimate of drug-likeness (QED) is 0.630. The van der Waals surface area contributed by atoms with Gasteiger partial charge in [0.2, 0.25) is 0 Å². The van der Waals surface area contributed by atoms with Crippen molar-refractivity contribution in [3.63, 3.8) is 0 Å². The molecule has 2 unspecified atom stereocenters. The highest BCUT2D eigenvalue weighted by molar-refractivity contribution is 7.91. The van der Waals surface area contributed by atoms with Gasteiger partial charge in [-0.15, -0.1) is 12.4 Å². The molecule has 192 valence electrons. The van der Waals surface area contributed by atoms with Crippen LogP contribution < -0.4 is 5.32 Å². The number of rotatable bonds is 3. The molecule has 8 aliphatic rings. The predicted octanol–water partition coefficient (Wildman–Crippen LogP) is 3.62. The number of nitrogens with zero attached hydrogens (tertiary/aromatic N) is 2. The Balaban J connectivity index is 0.00000229. The zero-order chi connectivity index (χ0) is 23.3. The number of hydrogen-bond donors (Lipinski definition) is 2. The second kappa shape index (κ2) is 8.06. The summed E-state index contributed by atoms with van der Waals surface area (Å²) in [6, 6.07) is 0. The van der Waals surface area contributed by atoms with Crippen LogP contribution in [0.1, 0.15) is 97.7 Å². The van der Waals surface area contributed by atoms with Crippen molar-refractivity contribution in [3.05, 3.63) is 23.0 Å². The minimum atomic E-state index is -3.04. The van der Waals surface area contributed by atoms with Crippen LogP contribution in [0.25, 0.3) is 0 Å². The van der Waals surface area contributed by atoms with E-state index in [0.717, 1.165) is 69.0 Å². The normalized spacial score (nSPS) is 40.2. The highest BCUT2D eigenvalue weighted by Crippen LogP contribution is 2.59. The van der Waals surface area contributed by atoms with Crippen LogP contribution in [-0.4, -0.2) is 65.1 Å². The Bertz CT molecular complexity index is 1140. The summed E-state index contributed by atoms with van der Waals surface area (Å²) in [7, 11) is -3.04. The number of anilines is 1. The molecule has 2 atom stereocenters. The summed E-state index contributed by atoms with van der Waals surface area (Å²) >= 11 is 0. The standard InChI is InChI=1S/C26H35N3O4S.ClH/c30-24(29-5-7-34(32,33)8-6-29)23-22-19-3-1-18(2-4-19)21(22)20(14-27-23)28-25-10-16-9-17(11-25)13-26(31,12-16)15-25;/h14,16-19,28,31H,1-13,15H2;1H. The molecule has 7 nitrogen and oxygen atoms in total. The maximum atomic E-state index is 13.5. The van der Waals surface area contributed by atoms with Crippen LogP contribution in [0.3, 0.4) is 0 Å². The highest BCUT2D eigenvalue weighted by Gasteiger charge is 2.57. The molecule has 6 fully saturated rings. The van der Waals surface area contributed by atoms with Crippen molar-refractivity contribution in [3.8, 4) is 0 Å². The molecule has 2 heterocycles. The third kappa shape index (κ3) is 3.89. The number of aromatic nitrogens is 1. The van der Waals surface area contributed by atoms with E-state index < -0.39 is 15.4 Å². The van der Waals surface area contributed by atoms with Crippen LogP contribution in [0.4, 0.5) is 5.69 Å². The van der Waals surface area contributed by atoms with E-state index in [2.05, 4.69) is 5.32 Å². The SMILES string of the molecule is Cl.O=C(c1ncc(NC23CC4CC(CC(O)(C4)C2)C3)c2c1C1CCC2CC1)N1CCS(=O)(=O)CC1. The Labute approximate surface area is 213 Å². The number of amides is 1. The zero-order valence-corrected chi connectivity index (χ0v) is 21.8. The Kier molecular flexibility index (Phi) is 5.52. The summed E-state index contributed by atoms with van der Waals surface area (Å²) in [6.07, 6.45) is 12.6. The van der Waals surface area contributed by atoms with E-state index >= 15 is 0 Å². The van der Waals surface area contributed by atoms with Gasteiger partial charge in [0, 0.05) is 18.6 Å². The molecule has 0 radical (unpaired) electrons. The van der Waals surface area contributed by atoms with Crippen LogP contribution in [0.2, 0.25) is 0 Å². The number of carbonyl (C=O) groups excluding carboxylic acids is 1. The minimum Gasteiger partial charge on any atom is -0.390 e. The van der Waals surface area contributed by atoms with Crippen molar-refractivity contribution in [1.29, 1.82) is 0 Å². The van der Waals surface area contributed by atoms with Gasteiger partial charge in [0.1, 0.15) is 5.69 Å². The lowest BCUT2D eigenvalue weighted by atomic mass is 9.51. The number of sulfone groups is 1. The van der Waals surface area contributed by atoms with Crippen LogP contribution in [0.15, 0.2) is 6.20 Å². The highest BCUT2D eigenvalue weighted by atomic mass is 35.5. The van der Waals surface area contributed by atoms with Gasteiger partial charge in [-0.2, -0.15) is 0 Å². The average Bonchev–Trinajstić information content (AvgIpc) is 2.77. The van der Waals surface area contributed by atoms with Crippen LogP contribution in [0, 0.1) is 11.8 Å². The van der Waals surface area contributed by atoms with E-state index in [1.54, 1.807) is 4.90 Å². The lowest BCUT2D eigenvalue weighted by Gasteiger charge is -2.60. The third-order valence-electron chi connectivity index (χ3n) is 9.97. The molecule has 5 saturated carbocycles. The summed E-state index contributed by atoms with van der Waals surface area (Å²) in [4.78, 5) is 20.0. The molecule has 2 N–H and O–H groups in total. The third-order valence-corrected chi connectivity index (χ3v) is 11.6. The van der Waals surface area contributed by atoms with Crippen LogP contribution in [0.5, 0.6) is 0 Å². The molecular formula is C26H36ClN3O4S. The molecule has 1 amide bonds. The first-order valence-corrected chi connectivity index (χ1v) is 15.1. The van der Waals surface area contributed by atoms with Gasteiger partial charge in [-0.25, -0.2) is 13.4 Å². The largest absolute Gasteiger partial charge is 0.390 e.